The van der Waals surface area contributed by atoms with Crippen LogP contribution < -0.4 is 9.47 Å². The van der Waals surface area contributed by atoms with Crippen molar-refractivity contribution in [3.8, 4) is 11.5 Å². The van der Waals surface area contributed by atoms with Gasteiger partial charge >= 0.3 is 0 Å². The Kier molecular flexibility index (Phi) is 3.41. The molecule has 0 saturated carbocycles. The van der Waals surface area contributed by atoms with Gasteiger partial charge < -0.3 is 9.47 Å². The molecule has 0 spiro atoms. The topological polar surface area (TPSA) is 18.5 Å². The third-order valence-electron chi connectivity index (χ3n) is 2.98. The molecular weight excluding hydrogens is 339 g/mol. The second kappa shape index (κ2) is 5.18. The molecule has 3 rings (SSSR count). The SMILES string of the molecule is Ic1ccccc1OCC1Cc2ccccc2O1. The third-order valence-corrected chi connectivity index (χ3v) is 3.87. The van der Waals surface area contributed by atoms with E-state index >= 15 is 0 Å². The van der Waals surface area contributed by atoms with Crippen LogP contribution in [0.15, 0.2) is 48.5 Å². The van der Waals surface area contributed by atoms with E-state index in [0.717, 1.165) is 21.5 Å². The Morgan fingerprint density at radius 2 is 1.89 bits per heavy atom. The Balaban J connectivity index is 1.62. The summed E-state index contributed by atoms with van der Waals surface area (Å²) in [6, 6.07) is 16.2. The fourth-order valence-corrected chi connectivity index (χ4v) is 2.63. The Morgan fingerprint density at radius 1 is 1.11 bits per heavy atom. The summed E-state index contributed by atoms with van der Waals surface area (Å²) in [5.41, 5.74) is 1.27. The fourth-order valence-electron chi connectivity index (χ4n) is 2.09. The van der Waals surface area contributed by atoms with Crippen LogP contribution in [-0.4, -0.2) is 12.7 Å². The molecule has 1 aliphatic rings. The minimum Gasteiger partial charge on any atom is -0.489 e. The van der Waals surface area contributed by atoms with Crippen molar-refractivity contribution in [1.29, 1.82) is 0 Å². The lowest BCUT2D eigenvalue weighted by Crippen LogP contribution is -2.22. The van der Waals surface area contributed by atoms with Crippen molar-refractivity contribution in [2.45, 2.75) is 12.5 Å². The number of benzene rings is 2. The molecule has 2 aromatic rings. The van der Waals surface area contributed by atoms with Crippen LogP contribution in [0.25, 0.3) is 0 Å². The second-order valence-electron chi connectivity index (χ2n) is 4.29. The van der Waals surface area contributed by atoms with Gasteiger partial charge in [0.25, 0.3) is 0 Å². The van der Waals surface area contributed by atoms with E-state index in [0.29, 0.717) is 6.61 Å². The first-order valence-corrected chi connectivity index (χ1v) is 7.03. The van der Waals surface area contributed by atoms with Crippen molar-refractivity contribution >= 4 is 22.6 Å². The summed E-state index contributed by atoms with van der Waals surface area (Å²) >= 11 is 2.28. The Bertz CT molecular complexity index is 529. The zero-order valence-electron chi connectivity index (χ0n) is 9.80. The third kappa shape index (κ3) is 2.46. The second-order valence-corrected chi connectivity index (χ2v) is 5.46. The number of halogens is 1. The van der Waals surface area contributed by atoms with Gasteiger partial charge in [0.05, 0.1) is 3.57 Å². The van der Waals surface area contributed by atoms with Crippen molar-refractivity contribution in [3.05, 3.63) is 57.7 Å². The van der Waals surface area contributed by atoms with Gasteiger partial charge in [0.2, 0.25) is 0 Å². The first-order valence-electron chi connectivity index (χ1n) is 5.95. The zero-order chi connectivity index (χ0) is 12.4. The van der Waals surface area contributed by atoms with E-state index in [1.54, 1.807) is 0 Å². The minimum absolute atomic E-state index is 0.124. The first kappa shape index (κ1) is 11.8. The summed E-state index contributed by atoms with van der Waals surface area (Å²) in [6.45, 7) is 0.592. The van der Waals surface area contributed by atoms with Crippen LogP contribution in [0.1, 0.15) is 5.56 Å². The molecular formula is C15H13IO2. The van der Waals surface area contributed by atoms with Gasteiger partial charge in [-0.25, -0.2) is 0 Å². The van der Waals surface area contributed by atoms with E-state index < -0.39 is 0 Å². The predicted molar refractivity (Wildman–Crippen MR) is 79.2 cm³/mol. The number of hydrogen-bond donors (Lipinski definition) is 0. The molecule has 0 N–H and O–H groups in total. The standard InChI is InChI=1S/C15H13IO2/c16-13-6-2-4-8-15(13)17-10-12-9-11-5-1-3-7-14(11)18-12/h1-8,12H,9-10H2. The number of hydrogen-bond acceptors (Lipinski definition) is 2. The van der Waals surface area contributed by atoms with Gasteiger partial charge in [0.1, 0.15) is 24.2 Å². The Hall–Kier alpha value is -1.23. The number of fused-ring (bicyclic) bond motifs is 1. The molecule has 3 heteroatoms. The van der Waals surface area contributed by atoms with E-state index in [1.807, 2.05) is 42.5 Å². The van der Waals surface area contributed by atoms with E-state index in [4.69, 9.17) is 9.47 Å². The average molecular weight is 352 g/mol. The van der Waals surface area contributed by atoms with Gasteiger partial charge in [-0.3, -0.25) is 0 Å². The lowest BCUT2D eigenvalue weighted by molar-refractivity contribution is 0.148. The van der Waals surface area contributed by atoms with E-state index in [9.17, 15) is 0 Å². The molecule has 18 heavy (non-hydrogen) atoms. The molecule has 2 nitrogen and oxygen atoms in total. The van der Waals surface area contributed by atoms with E-state index in [1.165, 1.54) is 5.56 Å². The van der Waals surface area contributed by atoms with Gasteiger partial charge in [0, 0.05) is 6.42 Å². The van der Waals surface area contributed by atoms with Gasteiger partial charge in [-0.1, -0.05) is 30.3 Å². The lowest BCUT2D eigenvalue weighted by atomic mass is 10.1. The van der Waals surface area contributed by atoms with Gasteiger partial charge in [-0.05, 0) is 46.4 Å². The molecule has 1 unspecified atom stereocenters. The molecule has 2 aromatic carbocycles. The maximum absolute atomic E-state index is 5.84. The molecule has 0 aromatic heterocycles. The highest BCUT2D eigenvalue weighted by Crippen LogP contribution is 2.29. The molecule has 0 saturated heterocycles. The molecule has 0 bridgehead atoms. The van der Waals surface area contributed by atoms with Crippen molar-refractivity contribution < 1.29 is 9.47 Å². The van der Waals surface area contributed by atoms with Crippen LogP contribution >= 0.6 is 22.6 Å². The predicted octanol–water partition coefficient (Wildman–Crippen LogP) is 3.67. The summed E-state index contributed by atoms with van der Waals surface area (Å²) in [6.07, 6.45) is 1.05. The van der Waals surface area contributed by atoms with Gasteiger partial charge in [-0.15, -0.1) is 0 Å². The molecule has 1 aliphatic heterocycles. The molecule has 1 atom stereocenters. The van der Waals surface area contributed by atoms with E-state index in [2.05, 4.69) is 28.7 Å². The van der Waals surface area contributed by atoms with Crippen LogP contribution in [0.2, 0.25) is 0 Å². The number of rotatable bonds is 3. The Morgan fingerprint density at radius 3 is 2.72 bits per heavy atom. The molecule has 0 aliphatic carbocycles. The summed E-state index contributed by atoms with van der Waals surface area (Å²) < 4.78 is 12.8. The lowest BCUT2D eigenvalue weighted by Gasteiger charge is -2.13. The van der Waals surface area contributed by atoms with Crippen LogP contribution in [0.3, 0.4) is 0 Å². The quantitative estimate of drug-likeness (QED) is 0.785. The maximum atomic E-state index is 5.84. The van der Waals surface area contributed by atoms with E-state index in [-0.39, 0.29) is 6.10 Å². The average Bonchev–Trinajstić information content (AvgIpc) is 2.80. The van der Waals surface area contributed by atoms with Gasteiger partial charge in [0.15, 0.2) is 0 Å². The van der Waals surface area contributed by atoms with Crippen molar-refractivity contribution in [2.75, 3.05) is 6.61 Å². The molecule has 0 amide bonds. The van der Waals surface area contributed by atoms with Gasteiger partial charge in [-0.2, -0.15) is 0 Å². The maximum Gasteiger partial charge on any atom is 0.137 e. The minimum atomic E-state index is 0.124. The van der Waals surface area contributed by atoms with Crippen molar-refractivity contribution in [3.63, 3.8) is 0 Å². The largest absolute Gasteiger partial charge is 0.489 e. The monoisotopic (exact) mass is 352 g/mol. The summed E-state index contributed by atoms with van der Waals surface area (Å²) in [4.78, 5) is 0. The molecule has 0 fully saturated rings. The van der Waals surface area contributed by atoms with Crippen LogP contribution in [0, 0.1) is 3.57 Å². The Labute approximate surface area is 120 Å². The molecule has 0 radical (unpaired) electrons. The highest BCUT2D eigenvalue weighted by atomic mass is 127. The first-order chi connectivity index (χ1) is 8.83. The molecule has 92 valence electrons. The van der Waals surface area contributed by atoms with Crippen LogP contribution in [0.5, 0.6) is 11.5 Å². The fraction of sp³-hybridized carbons (Fsp3) is 0.200. The van der Waals surface area contributed by atoms with Crippen LogP contribution in [0.4, 0.5) is 0 Å². The number of ether oxygens (including phenoxy) is 2. The summed E-state index contributed by atoms with van der Waals surface area (Å²) in [7, 11) is 0. The van der Waals surface area contributed by atoms with Crippen LogP contribution in [-0.2, 0) is 6.42 Å². The summed E-state index contributed by atoms with van der Waals surface area (Å²) in [5.74, 6) is 1.92. The number of para-hydroxylation sites is 2. The normalized spacial score (nSPS) is 17.1. The molecule has 1 heterocycles. The van der Waals surface area contributed by atoms with Crippen molar-refractivity contribution in [1.82, 2.24) is 0 Å². The van der Waals surface area contributed by atoms with Crippen molar-refractivity contribution in [2.24, 2.45) is 0 Å². The smallest absolute Gasteiger partial charge is 0.137 e. The highest BCUT2D eigenvalue weighted by molar-refractivity contribution is 14.1. The highest BCUT2D eigenvalue weighted by Gasteiger charge is 2.22. The zero-order valence-corrected chi connectivity index (χ0v) is 12.0. The summed E-state index contributed by atoms with van der Waals surface area (Å²) in [5, 5.41) is 0.